The van der Waals surface area contributed by atoms with Crippen molar-refractivity contribution in [1.29, 1.82) is 0 Å². The molecule has 2 aromatic rings. The van der Waals surface area contributed by atoms with E-state index in [1.54, 1.807) is 6.92 Å². The first-order valence-corrected chi connectivity index (χ1v) is 7.78. The topological polar surface area (TPSA) is 69.4 Å². The molecule has 0 saturated heterocycles. The van der Waals surface area contributed by atoms with E-state index in [-0.39, 0.29) is 11.7 Å². The van der Waals surface area contributed by atoms with Gasteiger partial charge in [-0.15, -0.1) is 0 Å². The van der Waals surface area contributed by atoms with E-state index in [0.717, 1.165) is 16.5 Å². The minimum Gasteiger partial charge on any atom is -0.493 e. The molecular weight excluding hydrogens is 262 g/mol. The van der Waals surface area contributed by atoms with Crippen LogP contribution in [-0.2, 0) is 10.0 Å². The maximum atomic E-state index is 11.0. The minimum absolute atomic E-state index is 0.0689. The van der Waals surface area contributed by atoms with Crippen molar-refractivity contribution < 1.29 is 13.2 Å². The average molecular weight is 279 g/mol. The summed E-state index contributed by atoms with van der Waals surface area (Å²) < 4.78 is 27.5. The van der Waals surface area contributed by atoms with E-state index < -0.39 is 10.0 Å². The highest BCUT2D eigenvalue weighted by Crippen LogP contribution is 2.21. The fraction of sp³-hybridized carbons (Fsp3) is 0.286. The van der Waals surface area contributed by atoms with Gasteiger partial charge in [-0.1, -0.05) is 37.3 Å². The Morgan fingerprint density at radius 1 is 1.16 bits per heavy atom. The molecule has 0 radical (unpaired) electrons. The van der Waals surface area contributed by atoms with Gasteiger partial charge in [-0.2, -0.15) is 0 Å². The first-order valence-electron chi connectivity index (χ1n) is 6.06. The molecule has 0 saturated carbocycles. The van der Waals surface area contributed by atoms with Gasteiger partial charge in [0.05, 0.1) is 12.4 Å². The lowest BCUT2D eigenvalue weighted by molar-refractivity contribution is 0.272. The molecule has 4 nitrogen and oxygen atoms in total. The SMILES string of the molecule is CC(COc1ccc2ccccc2c1)CS(N)(=O)=O. The van der Waals surface area contributed by atoms with E-state index in [2.05, 4.69) is 0 Å². The Morgan fingerprint density at radius 3 is 2.53 bits per heavy atom. The van der Waals surface area contributed by atoms with Gasteiger partial charge >= 0.3 is 0 Å². The molecule has 19 heavy (non-hydrogen) atoms. The van der Waals surface area contributed by atoms with Crippen molar-refractivity contribution in [1.82, 2.24) is 0 Å². The molecule has 2 N–H and O–H groups in total. The molecule has 1 atom stereocenters. The molecule has 0 bridgehead atoms. The van der Waals surface area contributed by atoms with Crippen LogP contribution in [0.4, 0.5) is 0 Å². The van der Waals surface area contributed by atoms with E-state index in [0.29, 0.717) is 6.61 Å². The predicted octanol–water partition coefficient (Wildman–Crippen LogP) is 2.14. The van der Waals surface area contributed by atoms with Gasteiger partial charge in [0.1, 0.15) is 5.75 Å². The molecule has 0 aliphatic rings. The van der Waals surface area contributed by atoms with Gasteiger partial charge in [-0.05, 0) is 22.9 Å². The first-order chi connectivity index (χ1) is 8.94. The summed E-state index contributed by atoms with van der Waals surface area (Å²) >= 11 is 0. The van der Waals surface area contributed by atoms with Gasteiger partial charge in [0.15, 0.2) is 0 Å². The lowest BCUT2D eigenvalue weighted by atomic mass is 10.1. The van der Waals surface area contributed by atoms with Gasteiger partial charge in [-0.3, -0.25) is 0 Å². The van der Waals surface area contributed by atoms with Crippen LogP contribution in [0.25, 0.3) is 10.8 Å². The van der Waals surface area contributed by atoms with Crippen molar-refractivity contribution in [2.75, 3.05) is 12.4 Å². The molecule has 0 amide bonds. The highest BCUT2D eigenvalue weighted by Gasteiger charge is 2.11. The van der Waals surface area contributed by atoms with Crippen LogP contribution in [0, 0.1) is 5.92 Å². The highest BCUT2D eigenvalue weighted by molar-refractivity contribution is 7.89. The number of ether oxygens (including phenoxy) is 1. The molecule has 0 spiro atoms. The fourth-order valence-corrected chi connectivity index (χ4v) is 2.83. The number of sulfonamides is 1. The van der Waals surface area contributed by atoms with Crippen LogP contribution in [0.5, 0.6) is 5.75 Å². The number of fused-ring (bicyclic) bond motifs is 1. The minimum atomic E-state index is -3.44. The van der Waals surface area contributed by atoms with Crippen LogP contribution in [-0.4, -0.2) is 20.8 Å². The highest BCUT2D eigenvalue weighted by atomic mass is 32.2. The molecule has 5 heteroatoms. The molecule has 0 fully saturated rings. The van der Waals surface area contributed by atoms with Gasteiger partial charge in [-0.25, -0.2) is 13.6 Å². The molecule has 1 unspecified atom stereocenters. The summed E-state index contributed by atoms with van der Waals surface area (Å²) in [6.45, 7) is 2.13. The second-order valence-corrected chi connectivity index (χ2v) is 6.41. The van der Waals surface area contributed by atoms with Gasteiger partial charge < -0.3 is 4.74 Å². The third-order valence-electron chi connectivity index (χ3n) is 2.77. The Labute approximate surface area is 113 Å². The van der Waals surface area contributed by atoms with E-state index in [1.165, 1.54) is 0 Å². The third-order valence-corrected chi connectivity index (χ3v) is 3.81. The monoisotopic (exact) mass is 279 g/mol. The van der Waals surface area contributed by atoms with Crippen molar-refractivity contribution in [3.8, 4) is 5.75 Å². The smallest absolute Gasteiger partial charge is 0.209 e. The summed E-state index contributed by atoms with van der Waals surface area (Å²) in [6, 6.07) is 13.8. The predicted molar refractivity (Wildman–Crippen MR) is 76.6 cm³/mol. The van der Waals surface area contributed by atoms with Crippen molar-refractivity contribution >= 4 is 20.8 Å². The lowest BCUT2D eigenvalue weighted by Crippen LogP contribution is -2.25. The molecule has 102 valence electrons. The first kappa shape index (κ1) is 13.8. The van der Waals surface area contributed by atoms with Gasteiger partial charge in [0.25, 0.3) is 0 Å². The fourth-order valence-electron chi connectivity index (χ4n) is 1.94. The van der Waals surface area contributed by atoms with Crippen LogP contribution >= 0.6 is 0 Å². The van der Waals surface area contributed by atoms with Gasteiger partial charge in [0, 0.05) is 5.92 Å². The Bertz CT molecular complexity index is 667. The van der Waals surface area contributed by atoms with E-state index in [9.17, 15) is 8.42 Å². The summed E-state index contributed by atoms with van der Waals surface area (Å²) in [7, 11) is -3.44. The molecule has 0 aliphatic carbocycles. The maximum absolute atomic E-state index is 11.0. The second kappa shape index (κ2) is 5.59. The number of benzene rings is 2. The Balaban J connectivity index is 2.02. The molecule has 2 aromatic carbocycles. The Kier molecular flexibility index (Phi) is 4.07. The van der Waals surface area contributed by atoms with E-state index in [1.807, 2.05) is 42.5 Å². The summed E-state index contributed by atoms with van der Waals surface area (Å²) in [5.74, 6) is 0.530. The lowest BCUT2D eigenvalue weighted by Gasteiger charge is -2.12. The van der Waals surface area contributed by atoms with Gasteiger partial charge in [0.2, 0.25) is 10.0 Å². The van der Waals surface area contributed by atoms with E-state index in [4.69, 9.17) is 9.88 Å². The quantitative estimate of drug-likeness (QED) is 0.911. The zero-order chi connectivity index (χ0) is 13.9. The molecule has 0 aromatic heterocycles. The van der Waals surface area contributed by atoms with Crippen molar-refractivity contribution in [3.63, 3.8) is 0 Å². The van der Waals surface area contributed by atoms with Crippen LogP contribution in [0.15, 0.2) is 42.5 Å². The molecule has 0 heterocycles. The molecule has 0 aliphatic heterocycles. The number of nitrogens with two attached hydrogens (primary N) is 1. The molecular formula is C14H17NO3S. The standard InChI is InChI=1S/C14H17NO3S/c1-11(10-19(15,16)17)9-18-14-7-6-12-4-2-3-5-13(12)8-14/h2-8,11H,9-10H2,1H3,(H2,15,16,17). The largest absolute Gasteiger partial charge is 0.493 e. The van der Waals surface area contributed by atoms with Crippen molar-refractivity contribution in [2.24, 2.45) is 11.1 Å². The summed E-state index contributed by atoms with van der Waals surface area (Å²) in [6.07, 6.45) is 0. The van der Waals surface area contributed by atoms with Crippen molar-refractivity contribution in [3.05, 3.63) is 42.5 Å². The van der Waals surface area contributed by atoms with Crippen LogP contribution < -0.4 is 9.88 Å². The summed E-state index contributed by atoms with van der Waals surface area (Å²) in [4.78, 5) is 0. The zero-order valence-electron chi connectivity index (χ0n) is 10.7. The Morgan fingerprint density at radius 2 is 1.84 bits per heavy atom. The Hall–Kier alpha value is -1.59. The number of hydrogen-bond donors (Lipinski definition) is 1. The summed E-state index contributed by atoms with van der Waals surface area (Å²) in [5.41, 5.74) is 0. The number of rotatable bonds is 5. The molecule has 2 rings (SSSR count). The summed E-state index contributed by atoms with van der Waals surface area (Å²) in [5, 5.41) is 7.24. The van der Waals surface area contributed by atoms with E-state index >= 15 is 0 Å². The third kappa shape index (κ3) is 4.22. The normalized spacial score (nSPS) is 13.4. The van der Waals surface area contributed by atoms with Crippen molar-refractivity contribution in [2.45, 2.75) is 6.92 Å². The van der Waals surface area contributed by atoms with Crippen LogP contribution in [0.2, 0.25) is 0 Å². The second-order valence-electron chi connectivity index (χ2n) is 4.75. The number of primary sulfonamides is 1. The zero-order valence-corrected chi connectivity index (χ0v) is 11.6. The van der Waals surface area contributed by atoms with Crippen LogP contribution in [0.3, 0.4) is 0 Å². The number of hydrogen-bond acceptors (Lipinski definition) is 3. The van der Waals surface area contributed by atoms with Crippen LogP contribution in [0.1, 0.15) is 6.92 Å². The average Bonchev–Trinajstić information content (AvgIpc) is 2.34. The maximum Gasteiger partial charge on any atom is 0.209 e.